The van der Waals surface area contributed by atoms with Gasteiger partial charge in [0.2, 0.25) is 0 Å². The van der Waals surface area contributed by atoms with Gasteiger partial charge in [-0.15, -0.1) is 11.3 Å². The normalized spacial score (nSPS) is 19.6. The standard InChI is InChI=1S/C11H17BrN2S/c12-11-6-5-10(15-11)9(7-13)14-8-3-1-2-4-8/h5-6,8-9,14H,1-4,7,13H2. The van der Waals surface area contributed by atoms with Crippen LogP contribution in [-0.4, -0.2) is 12.6 Å². The number of hydrogen-bond acceptors (Lipinski definition) is 3. The molecule has 0 saturated heterocycles. The number of nitrogens with one attached hydrogen (secondary N) is 1. The molecule has 1 saturated carbocycles. The highest BCUT2D eigenvalue weighted by Crippen LogP contribution is 2.28. The zero-order chi connectivity index (χ0) is 10.7. The molecule has 1 fully saturated rings. The summed E-state index contributed by atoms with van der Waals surface area (Å²) in [5.74, 6) is 0. The van der Waals surface area contributed by atoms with Crippen molar-refractivity contribution in [2.45, 2.75) is 37.8 Å². The Hall–Kier alpha value is 0.1000. The molecule has 0 amide bonds. The van der Waals surface area contributed by atoms with Crippen molar-refractivity contribution in [1.29, 1.82) is 0 Å². The Balaban J connectivity index is 1.97. The largest absolute Gasteiger partial charge is 0.329 e. The highest BCUT2D eigenvalue weighted by atomic mass is 79.9. The number of rotatable bonds is 4. The van der Waals surface area contributed by atoms with Gasteiger partial charge in [-0.25, -0.2) is 0 Å². The molecule has 1 heterocycles. The van der Waals surface area contributed by atoms with Crippen LogP contribution in [0.4, 0.5) is 0 Å². The number of nitrogens with two attached hydrogens (primary N) is 1. The van der Waals surface area contributed by atoms with Crippen LogP contribution in [0.2, 0.25) is 0 Å². The number of hydrogen-bond donors (Lipinski definition) is 2. The van der Waals surface area contributed by atoms with Gasteiger partial charge in [0.15, 0.2) is 0 Å². The van der Waals surface area contributed by atoms with Gasteiger partial charge in [0.05, 0.1) is 9.83 Å². The summed E-state index contributed by atoms with van der Waals surface area (Å²) in [7, 11) is 0. The molecule has 1 atom stereocenters. The molecule has 1 aliphatic rings. The van der Waals surface area contributed by atoms with Gasteiger partial charge in [0, 0.05) is 17.5 Å². The van der Waals surface area contributed by atoms with Crippen LogP contribution in [0.1, 0.15) is 36.6 Å². The van der Waals surface area contributed by atoms with E-state index in [-0.39, 0.29) is 0 Å². The van der Waals surface area contributed by atoms with Crippen LogP contribution in [-0.2, 0) is 0 Å². The van der Waals surface area contributed by atoms with Crippen LogP contribution in [0.3, 0.4) is 0 Å². The summed E-state index contributed by atoms with van der Waals surface area (Å²) in [5, 5.41) is 3.66. The number of halogens is 1. The number of thiophene rings is 1. The van der Waals surface area contributed by atoms with Gasteiger partial charge in [0.25, 0.3) is 0 Å². The molecule has 4 heteroatoms. The van der Waals surface area contributed by atoms with Crippen molar-refractivity contribution in [3.8, 4) is 0 Å². The molecule has 1 unspecified atom stereocenters. The van der Waals surface area contributed by atoms with Crippen LogP contribution in [0, 0.1) is 0 Å². The lowest BCUT2D eigenvalue weighted by Crippen LogP contribution is -2.34. The highest BCUT2D eigenvalue weighted by Gasteiger charge is 2.20. The van der Waals surface area contributed by atoms with Crippen LogP contribution >= 0.6 is 27.3 Å². The topological polar surface area (TPSA) is 38.0 Å². The van der Waals surface area contributed by atoms with E-state index in [0.29, 0.717) is 18.6 Å². The average molecular weight is 289 g/mol. The van der Waals surface area contributed by atoms with E-state index in [2.05, 4.69) is 33.4 Å². The summed E-state index contributed by atoms with van der Waals surface area (Å²) in [6.07, 6.45) is 5.35. The van der Waals surface area contributed by atoms with Crippen LogP contribution in [0.15, 0.2) is 15.9 Å². The second-order valence-electron chi connectivity index (χ2n) is 4.08. The fourth-order valence-electron chi connectivity index (χ4n) is 2.16. The Morgan fingerprint density at radius 3 is 2.73 bits per heavy atom. The maximum atomic E-state index is 5.82. The van der Waals surface area contributed by atoms with Crippen LogP contribution < -0.4 is 11.1 Å². The van der Waals surface area contributed by atoms with Gasteiger partial charge >= 0.3 is 0 Å². The van der Waals surface area contributed by atoms with Gasteiger partial charge in [-0.2, -0.15) is 0 Å². The predicted molar refractivity (Wildman–Crippen MR) is 69.2 cm³/mol. The van der Waals surface area contributed by atoms with E-state index in [0.717, 1.165) is 0 Å². The molecule has 1 aromatic rings. The smallest absolute Gasteiger partial charge is 0.0702 e. The average Bonchev–Trinajstić information content (AvgIpc) is 2.85. The third-order valence-electron chi connectivity index (χ3n) is 2.97. The summed E-state index contributed by atoms with van der Waals surface area (Å²) < 4.78 is 1.18. The predicted octanol–water partition coefficient (Wildman–Crippen LogP) is 3.04. The lowest BCUT2D eigenvalue weighted by atomic mass is 10.2. The molecule has 84 valence electrons. The zero-order valence-electron chi connectivity index (χ0n) is 8.71. The molecule has 0 aromatic carbocycles. The molecule has 1 aromatic heterocycles. The fourth-order valence-corrected chi connectivity index (χ4v) is 3.66. The lowest BCUT2D eigenvalue weighted by Gasteiger charge is -2.20. The molecule has 15 heavy (non-hydrogen) atoms. The van der Waals surface area contributed by atoms with Crippen LogP contribution in [0.5, 0.6) is 0 Å². The maximum Gasteiger partial charge on any atom is 0.0702 e. The third kappa shape index (κ3) is 3.03. The second kappa shape index (κ2) is 5.43. The zero-order valence-corrected chi connectivity index (χ0v) is 11.1. The molecular formula is C11H17BrN2S. The fraction of sp³-hybridized carbons (Fsp3) is 0.636. The van der Waals surface area contributed by atoms with Crippen molar-refractivity contribution >= 4 is 27.3 Å². The molecule has 3 N–H and O–H groups in total. The van der Waals surface area contributed by atoms with Crippen molar-refractivity contribution in [2.75, 3.05) is 6.54 Å². The van der Waals surface area contributed by atoms with Crippen LogP contribution in [0.25, 0.3) is 0 Å². The Labute approximate surface area is 103 Å². The first-order chi connectivity index (χ1) is 7.29. The third-order valence-corrected chi connectivity index (χ3v) is 4.70. The van der Waals surface area contributed by atoms with Crippen molar-refractivity contribution < 1.29 is 0 Å². The summed E-state index contributed by atoms with van der Waals surface area (Å²) >= 11 is 5.27. The summed E-state index contributed by atoms with van der Waals surface area (Å²) in [6, 6.07) is 5.27. The van der Waals surface area contributed by atoms with Crippen molar-refractivity contribution in [3.63, 3.8) is 0 Å². The maximum absolute atomic E-state index is 5.82. The van der Waals surface area contributed by atoms with E-state index >= 15 is 0 Å². The van der Waals surface area contributed by atoms with Gasteiger partial charge in [-0.05, 0) is 40.9 Å². The minimum atomic E-state index is 0.337. The van der Waals surface area contributed by atoms with Gasteiger partial charge < -0.3 is 11.1 Å². The monoisotopic (exact) mass is 288 g/mol. The molecule has 1 aliphatic carbocycles. The molecule has 2 rings (SSSR count). The molecule has 0 spiro atoms. The second-order valence-corrected chi connectivity index (χ2v) is 6.57. The molecule has 0 bridgehead atoms. The van der Waals surface area contributed by atoms with E-state index in [1.165, 1.54) is 34.3 Å². The van der Waals surface area contributed by atoms with Gasteiger partial charge in [-0.3, -0.25) is 0 Å². The Morgan fingerprint density at radius 1 is 1.47 bits per heavy atom. The van der Waals surface area contributed by atoms with E-state index in [1.807, 2.05) is 0 Å². The van der Waals surface area contributed by atoms with E-state index in [1.54, 1.807) is 11.3 Å². The Morgan fingerprint density at radius 2 is 2.20 bits per heavy atom. The quantitative estimate of drug-likeness (QED) is 0.894. The highest BCUT2D eigenvalue weighted by molar-refractivity contribution is 9.11. The van der Waals surface area contributed by atoms with E-state index in [4.69, 9.17) is 5.73 Å². The molecule has 2 nitrogen and oxygen atoms in total. The van der Waals surface area contributed by atoms with Gasteiger partial charge in [0.1, 0.15) is 0 Å². The molecule has 0 aliphatic heterocycles. The summed E-state index contributed by atoms with van der Waals surface area (Å²) in [4.78, 5) is 1.34. The first kappa shape index (κ1) is 11.6. The Kier molecular flexibility index (Phi) is 4.20. The Bertz CT molecular complexity index is 307. The minimum absolute atomic E-state index is 0.337. The van der Waals surface area contributed by atoms with Crippen molar-refractivity contribution in [2.24, 2.45) is 5.73 Å². The summed E-state index contributed by atoms with van der Waals surface area (Å²) in [5.41, 5.74) is 5.82. The minimum Gasteiger partial charge on any atom is -0.329 e. The van der Waals surface area contributed by atoms with E-state index < -0.39 is 0 Å². The molecule has 0 radical (unpaired) electrons. The van der Waals surface area contributed by atoms with Crippen molar-refractivity contribution in [1.82, 2.24) is 5.32 Å². The first-order valence-electron chi connectivity index (χ1n) is 5.51. The molecular weight excluding hydrogens is 272 g/mol. The van der Waals surface area contributed by atoms with E-state index in [9.17, 15) is 0 Å². The SMILES string of the molecule is NCC(NC1CCCC1)c1ccc(Br)s1. The van der Waals surface area contributed by atoms with Gasteiger partial charge in [-0.1, -0.05) is 12.8 Å². The summed E-state index contributed by atoms with van der Waals surface area (Å²) in [6.45, 7) is 0.684. The van der Waals surface area contributed by atoms with Crippen molar-refractivity contribution in [3.05, 3.63) is 20.8 Å². The first-order valence-corrected chi connectivity index (χ1v) is 7.12. The lowest BCUT2D eigenvalue weighted by molar-refractivity contribution is 0.449.